The molecule has 1 rings (SSSR count). The van der Waals surface area contributed by atoms with Gasteiger partial charge in [0.2, 0.25) is 0 Å². The molecule has 0 atom stereocenters. The van der Waals surface area contributed by atoms with E-state index in [1.807, 2.05) is 0 Å². The molecule has 0 unspecified atom stereocenters. The van der Waals surface area contributed by atoms with Crippen molar-refractivity contribution in [3.05, 3.63) is 35.1 Å². The Balaban J connectivity index is 2.60. The summed E-state index contributed by atoms with van der Waals surface area (Å²) in [5.74, 6) is -1.37. The Bertz CT molecular complexity index is 408. The Hall–Kier alpha value is -1.03. The highest BCUT2D eigenvalue weighted by Crippen LogP contribution is 2.20. The smallest absolute Gasteiger partial charge is 0.161 e. The molecule has 0 saturated heterocycles. The van der Waals surface area contributed by atoms with Crippen molar-refractivity contribution < 1.29 is 13.2 Å². The minimum atomic E-state index is -1.15. The van der Waals surface area contributed by atoms with Crippen LogP contribution in [0, 0.1) is 35.2 Å². The molecular weight excluding hydrogens is 251 g/mol. The largest absolute Gasteiger partial charge is 0.312 e. The first kappa shape index (κ1) is 16.0. The van der Waals surface area contributed by atoms with Crippen LogP contribution in [-0.2, 0) is 6.54 Å². The predicted molar refractivity (Wildman–Crippen MR) is 71.2 cm³/mol. The van der Waals surface area contributed by atoms with Crippen molar-refractivity contribution in [1.82, 2.24) is 5.32 Å². The summed E-state index contributed by atoms with van der Waals surface area (Å²) in [6.45, 7) is 9.51. The van der Waals surface area contributed by atoms with Gasteiger partial charge >= 0.3 is 0 Å². The topological polar surface area (TPSA) is 12.0 Å². The van der Waals surface area contributed by atoms with E-state index in [4.69, 9.17) is 0 Å². The molecule has 4 heteroatoms. The second-order valence-corrected chi connectivity index (χ2v) is 5.64. The van der Waals surface area contributed by atoms with Crippen LogP contribution in [0.5, 0.6) is 0 Å². The molecule has 108 valence electrons. The summed E-state index contributed by atoms with van der Waals surface area (Å²) in [5, 5.41) is 3.12. The van der Waals surface area contributed by atoms with Gasteiger partial charge in [-0.1, -0.05) is 27.7 Å². The monoisotopic (exact) mass is 273 g/mol. The summed E-state index contributed by atoms with van der Waals surface area (Å²) in [5.41, 5.74) is 0.158. The van der Waals surface area contributed by atoms with Crippen molar-refractivity contribution in [2.45, 2.75) is 34.2 Å². The molecule has 0 fully saturated rings. The lowest BCUT2D eigenvalue weighted by molar-refractivity contribution is 0.275. The fraction of sp³-hybridized carbons (Fsp3) is 0.600. The molecule has 0 heterocycles. The molecule has 0 spiro atoms. The van der Waals surface area contributed by atoms with Gasteiger partial charge in [-0.25, -0.2) is 13.2 Å². The second kappa shape index (κ2) is 6.94. The first-order valence-electron chi connectivity index (χ1n) is 6.67. The van der Waals surface area contributed by atoms with Crippen molar-refractivity contribution >= 4 is 0 Å². The first-order valence-corrected chi connectivity index (χ1v) is 6.67. The van der Waals surface area contributed by atoms with Crippen LogP contribution < -0.4 is 5.32 Å². The van der Waals surface area contributed by atoms with Gasteiger partial charge in [-0.2, -0.15) is 0 Å². The SMILES string of the molecule is CC(C)C(CNCc1cc(F)c(F)cc1F)C(C)C. The molecule has 1 nitrogen and oxygen atoms in total. The van der Waals surface area contributed by atoms with E-state index in [1.54, 1.807) is 0 Å². The van der Waals surface area contributed by atoms with Crippen molar-refractivity contribution in [2.24, 2.45) is 17.8 Å². The predicted octanol–water partition coefficient (Wildman–Crippen LogP) is 4.12. The highest BCUT2D eigenvalue weighted by molar-refractivity contribution is 5.19. The van der Waals surface area contributed by atoms with Gasteiger partial charge in [-0.15, -0.1) is 0 Å². The van der Waals surface area contributed by atoms with Gasteiger partial charge < -0.3 is 5.32 Å². The lowest BCUT2D eigenvalue weighted by Gasteiger charge is -2.25. The van der Waals surface area contributed by atoms with E-state index < -0.39 is 17.5 Å². The third-order valence-electron chi connectivity index (χ3n) is 3.50. The van der Waals surface area contributed by atoms with E-state index in [0.29, 0.717) is 23.8 Å². The van der Waals surface area contributed by atoms with Gasteiger partial charge in [0.05, 0.1) is 0 Å². The van der Waals surface area contributed by atoms with E-state index in [-0.39, 0.29) is 12.1 Å². The Kier molecular flexibility index (Phi) is 5.85. The number of rotatable bonds is 6. The summed E-state index contributed by atoms with van der Waals surface area (Å²) < 4.78 is 39.2. The van der Waals surface area contributed by atoms with E-state index >= 15 is 0 Å². The average molecular weight is 273 g/mol. The fourth-order valence-corrected chi connectivity index (χ4v) is 2.31. The zero-order valence-corrected chi connectivity index (χ0v) is 11.9. The van der Waals surface area contributed by atoms with Gasteiger partial charge in [-0.3, -0.25) is 0 Å². The third kappa shape index (κ3) is 4.53. The maximum absolute atomic E-state index is 13.4. The number of halogens is 3. The quantitative estimate of drug-likeness (QED) is 0.769. The second-order valence-electron chi connectivity index (χ2n) is 5.64. The lowest BCUT2D eigenvalue weighted by Crippen LogP contribution is -2.29. The number of benzene rings is 1. The van der Waals surface area contributed by atoms with E-state index in [0.717, 1.165) is 12.6 Å². The van der Waals surface area contributed by atoms with Crippen molar-refractivity contribution in [1.29, 1.82) is 0 Å². The first-order chi connectivity index (χ1) is 8.82. The highest BCUT2D eigenvalue weighted by atomic mass is 19.2. The molecule has 0 aromatic heterocycles. The number of hydrogen-bond donors (Lipinski definition) is 1. The maximum Gasteiger partial charge on any atom is 0.161 e. The van der Waals surface area contributed by atoms with Crippen molar-refractivity contribution in [2.75, 3.05) is 6.54 Å². The maximum atomic E-state index is 13.4. The Morgan fingerprint density at radius 3 is 1.95 bits per heavy atom. The van der Waals surface area contributed by atoms with Crippen LogP contribution in [0.25, 0.3) is 0 Å². The van der Waals surface area contributed by atoms with Gasteiger partial charge in [0, 0.05) is 18.2 Å². The van der Waals surface area contributed by atoms with E-state index in [1.165, 1.54) is 0 Å². The molecule has 0 radical (unpaired) electrons. The van der Waals surface area contributed by atoms with Crippen molar-refractivity contribution in [3.63, 3.8) is 0 Å². The van der Waals surface area contributed by atoms with Crippen LogP contribution in [0.4, 0.5) is 13.2 Å². The number of nitrogens with one attached hydrogen (secondary N) is 1. The molecule has 0 amide bonds. The summed E-state index contributed by atoms with van der Waals surface area (Å²) in [6.07, 6.45) is 0. The van der Waals surface area contributed by atoms with Gasteiger partial charge in [0.1, 0.15) is 5.82 Å². The van der Waals surface area contributed by atoms with Crippen LogP contribution in [0.1, 0.15) is 33.3 Å². The zero-order valence-electron chi connectivity index (χ0n) is 11.9. The molecule has 0 bridgehead atoms. The Morgan fingerprint density at radius 1 is 0.895 bits per heavy atom. The van der Waals surface area contributed by atoms with Crippen LogP contribution in [0.3, 0.4) is 0 Å². The zero-order chi connectivity index (χ0) is 14.6. The minimum Gasteiger partial charge on any atom is -0.312 e. The van der Waals surface area contributed by atoms with Crippen LogP contribution in [0.2, 0.25) is 0 Å². The Labute approximate surface area is 113 Å². The third-order valence-corrected chi connectivity index (χ3v) is 3.50. The minimum absolute atomic E-state index is 0.158. The van der Waals surface area contributed by atoms with Crippen molar-refractivity contribution in [3.8, 4) is 0 Å². The highest BCUT2D eigenvalue weighted by Gasteiger charge is 2.17. The molecule has 1 aromatic carbocycles. The number of hydrogen-bond acceptors (Lipinski definition) is 1. The molecule has 1 aromatic rings. The molecule has 0 aliphatic rings. The lowest BCUT2D eigenvalue weighted by atomic mass is 9.85. The summed E-state index contributed by atoms with van der Waals surface area (Å²) >= 11 is 0. The summed E-state index contributed by atoms with van der Waals surface area (Å²) in [7, 11) is 0. The normalized spacial score (nSPS) is 11.9. The van der Waals surface area contributed by atoms with Crippen LogP contribution in [-0.4, -0.2) is 6.54 Å². The summed E-state index contributed by atoms with van der Waals surface area (Å²) in [6, 6.07) is 1.51. The summed E-state index contributed by atoms with van der Waals surface area (Å²) in [4.78, 5) is 0. The molecule has 1 N–H and O–H groups in total. The average Bonchev–Trinajstić information content (AvgIpc) is 2.29. The van der Waals surface area contributed by atoms with Crippen LogP contribution in [0.15, 0.2) is 12.1 Å². The van der Waals surface area contributed by atoms with E-state index in [9.17, 15) is 13.2 Å². The molecule has 0 aliphatic heterocycles. The van der Waals surface area contributed by atoms with Gasteiger partial charge in [0.25, 0.3) is 0 Å². The Morgan fingerprint density at radius 2 is 1.42 bits per heavy atom. The van der Waals surface area contributed by atoms with Crippen LogP contribution >= 0.6 is 0 Å². The molecule has 0 saturated carbocycles. The fourth-order valence-electron chi connectivity index (χ4n) is 2.31. The van der Waals surface area contributed by atoms with Gasteiger partial charge in [-0.05, 0) is 30.4 Å². The van der Waals surface area contributed by atoms with E-state index in [2.05, 4.69) is 33.0 Å². The van der Waals surface area contributed by atoms with Gasteiger partial charge in [0.15, 0.2) is 11.6 Å². The molecule has 19 heavy (non-hydrogen) atoms. The standard InChI is InChI=1S/C15H22F3N/c1-9(2)12(10(3)4)8-19-7-11-5-14(17)15(18)6-13(11)16/h5-6,9-10,12,19H,7-8H2,1-4H3. The molecular formula is C15H22F3N. The molecule has 0 aliphatic carbocycles.